The molecule has 1 aromatic carbocycles. The first-order chi connectivity index (χ1) is 12.2. The first kappa shape index (κ1) is 19.3. The summed E-state index contributed by atoms with van der Waals surface area (Å²) in [6, 6.07) is 6.68. The van der Waals surface area contributed by atoms with Gasteiger partial charge in [0.15, 0.2) is 9.84 Å². The number of rotatable bonds is 4. The maximum Gasteiger partial charge on any atom is 0.266 e. The molecule has 138 valence electrons. The average molecular weight is 431 g/mol. The van der Waals surface area contributed by atoms with Crippen molar-refractivity contribution in [3.63, 3.8) is 0 Å². The summed E-state index contributed by atoms with van der Waals surface area (Å²) in [5, 5.41) is 3.17. The van der Waals surface area contributed by atoms with Crippen molar-refractivity contribution in [2.45, 2.75) is 12.5 Å². The number of hydrogen-bond acceptors (Lipinski definition) is 6. The molecule has 0 aromatic heterocycles. The van der Waals surface area contributed by atoms with Crippen LogP contribution in [0.2, 0.25) is 5.02 Å². The number of halogens is 1. The van der Waals surface area contributed by atoms with E-state index < -0.39 is 21.8 Å². The van der Waals surface area contributed by atoms with Gasteiger partial charge in [0.1, 0.15) is 10.9 Å². The predicted octanol–water partition coefficient (Wildman–Crippen LogP) is 1.84. The largest absolute Gasteiger partial charge is 0.351 e. The van der Waals surface area contributed by atoms with Gasteiger partial charge in [-0.25, -0.2) is 8.42 Å². The lowest BCUT2D eigenvalue weighted by molar-refractivity contribution is -0.129. The van der Waals surface area contributed by atoms with Crippen LogP contribution in [0, 0.1) is 0 Å². The van der Waals surface area contributed by atoms with Crippen LogP contribution >= 0.6 is 35.6 Å². The second-order valence-electron chi connectivity index (χ2n) is 5.96. The van der Waals surface area contributed by atoms with E-state index in [0.29, 0.717) is 21.9 Å². The fourth-order valence-electron chi connectivity index (χ4n) is 2.70. The zero-order valence-corrected chi connectivity index (χ0v) is 16.7. The lowest BCUT2D eigenvalue weighted by Gasteiger charge is -2.16. The minimum atomic E-state index is -3.08. The Balaban J connectivity index is 1.66. The molecule has 2 amide bonds. The van der Waals surface area contributed by atoms with Gasteiger partial charge in [-0.1, -0.05) is 53.8 Å². The Morgan fingerprint density at radius 3 is 2.81 bits per heavy atom. The number of amides is 2. The summed E-state index contributed by atoms with van der Waals surface area (Å²) in [7, 11) is -3.08. The highest BCUT2D eigenvalue weighted by molar-refractivity contribution is 8.26. The smallest absolute Gasteiger partial charge is 0.266 e. The first-order valence-electron chi connectivity index (χ1n) is 7.75. The quantitative estimate of drug-likeness (QED) is 0.579. The molecular weight excluding hydrogens is 416 g/mol. The minimum Gasteiger partial charge on any atom is -0.351 e. The maximum atomic E-state index is 12.5. The Labute approximate surface area is 165 Å². The van der Waals surface area contributed by atoms with E-state index in [1.54, 1.807) is 24.3 Å². The molecule has 2 aliphatic rings. The van der Waals surface area contributed by atoms with E-state index >= 15 is 0 Å². The summed E-state index contributed by atoms with van der Waals surface area (Å²) in [5.41, 5.74) is 0.690. The van der Waals surface area contributed by atoms with Crippen molar-refractivity contribution in [3.8, 4) is 0 Å². The van der Waals surface area contributed by atoms with E-state index in [1.807, 2.05) is 6.07 Å². The van der Waals surface area contributed by atoms with E-state index in [-0.39, 0.29) is 28.3 Å². The summed E-state index contributed by atoms with van der Waals surface area (Å²) in [5.74, 6) is -0.792. The molecule has 2 fully saturated rings. The normalized spacial score (nSPS) is 23.7. The molecule has 2 aliphatic heterocycles. The van der Waals surface area contributed by atoms with Crippen LogP contribution in [0.4, 0.5) is 0 Å². The molecule has 1 N–H and O–H groups in total. The SMILES string of the molecule is O=C(CN1C(=O)/C(=C/c2ccccc2Cl)SC1=S)N[C@H]1CCS(=O)(=O)C1. The number of hydrogen-bond donors (Lipinski definition) is 1. The molecule has 10 heteroatoms. The summed E-state index contributed by atoms with van der Waals surface area (Å²) >= 11 is 12.4. The van der Waals surface area contributed by atoms with Gasteiger partial charge in [0.25, 0.3) is 5.91 Å². The van der Waals surface area contributed by atoms with Crippen molar-refractivity contribution in [1.82, 2.24) is 10.2 Å². The van der Waals surface area contributed by atoms with E-state index in [1.165, 1.54) is 4.90 Å². The van der Waals surface area contributed by atoms with Gasteiger partial charge in [-0.15, -0.1) is 0 Å². The first-order valence-corrected chi connectivity index (χ1v) is 11.2. The molecule has 26 heavy (non-hydrogen) atoms. The van der Waals surface area contributed by atoms with Gasteiger partial charge in [0.2, 0.25) is 5.91 Å². The Bertz CT molecular complexity index is 914. The lowest BCUT2D eigenvalue weighted by Crippen LogP contribution is -2.43. The van der Waals surface area contributed by atoms with E-state index in [4.69, 9.17) is 23.8 Å². The molecule has 0 saturated carbocycles. The second-order valence-corrected chi connectivity index (χ2v) is 10.3. The van der Waals surface area contributed by atoms with Gasteiger partial charge in [-0.3, -0.25) is 14.5 Å². The fraction of sp³-hybridized carbons (Fsp3) is 0.312. The van der Waals surface area contributed by atoms with Gasteiger partial charge in [0, 0.05) is 11.1 Å². The Morgan fingerprint density at radius 2 is 2.15 bits per heavy atom. The molecule has 6 nitrogen and oxygen atoms in total. The van der Waals surface area contributed by atoms with E-state index in [9.17, 15) is 18.0 Å². The molecular formula is C16H15ClN2O4S3. The second kappa shape index (κ2) is 7.67. The summed E-state index contributed by atoms with van der Waals surface area (Å²) in [6.07, 6.45) is 2.03. The zero-order valence-electron chi connectivity index (χ0n) is 13.5. The lowest BCUT2D eigenvalue weighted by atomic mass is 10.2. The van der Waals surface area contributed by atoms with Gasteiger partial charge in [-0.2, -0.15) is 0 Å². The Hall–Kier alpha value is -1.42. The van der Waals surface area contributed by atoms with Gasteiger partial charge in [0.05, 0.1) is 16.4 Å². The molecule has 2 saturated heterocycles. The highest BCUT2D eigenvalue weighted by Gasteiger charge is 2.35. The van der Waals surface area contributed by atoms with E-state index in [2.05, 4.69) is 5.32 Å². The zero-order chi connectivity index (χ0) is 18.9. The van der Waals surface area contributed by atoms with Crippen LogP contribution in [-0.4, -0.2) is 53.5 Å². The van der Waals surface area contributed by atoms with Crippen molar-refractivity contribution in [2.24, 2.45) is 0 Å². The number of carbonyl (C=O) groups is 2. The van der Waals surface area contributed by atoms with Crippen LogP contribution < -0.4 is 5.32 Å². The number of nitrogens with one attached hydrogen (secondary N) is 1. The standard InChI is InChI=1S/C16H15ClN2O4S3/c17-12-4-2-1-3-10(12)7-13-15(21)19(16(24)25-13)8-14(20)18-11-5-6-26(22,23)9-11/h1-4,7,11H,5-6,8-9H2,(H,18,20)/b13-7-/t11-/m0/s1. The van der Waals surface area contributed by atoms with Crippen molar-refractivity contribution < 1.29 is 18.0 Å². The number of thioether (sulfide) groups is 1. The summed E-state index contributed by atoms with van der Waals surface area (Å²) in [6.45, 7) is -0.235. The average Bonchev–Trinajstić information content (AvgIpc) is 3.03. The molecule has 0 aliphatic carbocycles. The molecule has 0 radical (unpaired) electrons. The highest BCUT2D eigenvalue weighted by atomic mass is 35.5. The molecule has 2 heterocycles. The number of benzene rings is 1. The number of sulfone groups is 1. The molecule has 0 unspecified atom stereocenters. The van der Waals surface area contributed by atoms with Crippen molar-refractivity contribution in [1.29, 1.82) is 0 Å². The van der Waals surface area contributed by atoms with Crippen LogP contribution in [0.1, 0.15) is 12.0 Å². The maximum absolute atomic E-state index is 12.5. The third-order valence-corrected chi connectivity index (χ3v) is 7.45. The van der Waals surface area contributed by atoms with Crippen LogP contribution in [0.25, 0.3) is 6.08 Å². The van der Waals surface area contributed by atoms with Gasteiger partial charge in [-0.05, 0) is 24.1 Å². The monoisotopic (exact) mass is 430 g/mol. The molecule has 0 spiro atoms. The number of nitrogens with zero attached hydrogens (tertiary/aromatic N) is 1. The highest BCUT2D eigenvalue weighted by Crippen LogP contribution is 2.33. The third kappa shape index (κ3) is 4.46. The van der Waals surface area contributed by atoms with Gasteiger partial charge >= 0.3 is 0 Å². The van der Waals surface area contributed by atoms with E-state index in [0.717, 1.165) is 11.8 Å². The predicted molar refractivity (Wildman–Crippen MR) is 107 cm³/mol. The number of carbonyl (C=O) groups excluding carboxylic acids is 2. The van der Waals surface area contributed by atoms with Crippen LogP contribution in [0.15, 0.2) is 29.2 Å². The van der Waals surface area contributed by atoms with Crippen LogP contribution in [-0.2, 0) is 19.4 Å². The Morgan fingerprint density at radius 1 is 1.42 bits per heavy atom. The van der Waals surface area contributed by atoms with Crippen LogP contribution in [0.5, 0.6) is 0 Å². The number of thiocarbonyl (C=S) groups is 1. The van der Waals surface area contributed by atoms with Crippen molar-refractivity contribution in [2.75, 3.05) is 18.1 Å². The Kier molecular flexibility index (Phi) is 5.71. The molecule has 0 bridgehead atoms. The molecule has 1 aromatic rings. The third-order valence-electron chi connectivity index (χ3n) is 3.96. The van der Waals surface area contributed by atoms with Crippen molar-refractivity contribution >= 4 is 67.6 Å². The topological polar surface area (TPSA) is 83.6 Å². The van der Waals surface area contributed by atoms with Gasteiger partial charge < -0.3 is 5.32 Å². The molecule has 1 atom stereocenters. The fourth-order valence-corrected chi connectivity index (χ4v) is 5.81. The van der Waals surface area contributed by atoms with Crippen LogP contribution in [0.3, 0.4) is 0 Å². The summed E-state index contributed by atoms with van der Waals surface area (Å²) in [4.78, 5) is 26.3. The van der Waals surface area contributed by atoms with Crippen molar-refractivity contribution in [3.05, 3.63) is 39.8 Å². The molecule has 3 rings (SSSR count). The minimum absolute atomic E-state index is 0.0659. The summed E-state index contributed by atoms with van der Waals surface area (Å²) < 4.78 is 23.2.